The first kappa shape index (κ1) is 23.4. The summed E-state index contributed by atoms with van der Waals surface area (Å²) in [6.45, 7) is 6.69. The molecule has 0 bridgehead atoms. The number of pyridine rings is 2. The highest BCUT2D eigenvalue weighted by Gasteiger charge is 2.21. The van der Waals surface area contributed by atoms with Crippen LogP contribution in [0.5, 0.6) is 0 Å². The Labute approximate surface area is 215 Å². The average molecular weight is 504 g/mol. The fourth-order valence-corrected chi connectivity index (χ4v) is 6.05. The first-order chi connectivity index (χ1) is 17.7. The molecule has 1 saturated heterocycles. The fourth-order valence-electron chi connectivity index (χ4n) is 5.13. The van der Waals surface area contributed by atoms with E-state index in [2.05, 4.69) is 54.7 Å². The maximum atomic E-state index is 4.81. The predicted molar refractivity (Wildman–Crippen MR) is 144 cm³/mol. The van der Waals surface area contributed by atoms with Crippen LogP contribution in [0.2, 0.25) is 0 Å². The minimum Gasteiger partial charge on any atom is -0.315 e. The topological polar surface area (TPSA) is 87.9 Å². The Bertz CT molecular complexity index is 1300. The number of nitrogens with one attached hydrogen (secondary N) is 1. The second-order valence-corrected chi connectivity index (χ2v) is 11.0. The van der Waals surface area contributed by atoms with Gasteiger partial charge in [-0.25, -0.2) is 4.98 Å². The molecule has 0 unspecified atom stereocenters. The molecule has 0 amide bonds. The van der Waals surface area contributed by atoms with E-state index < -0.39 is 0 Å². The summed E-state index contributed by atoms with van der Waals surface area (Å²) in [7, 11) is 2.20. The van der Waals surface area contributed by atoms with Crippen LogP contribution in [-0.2, 0) is 6.54 Å². The SMILES string of the molecule is CN1CCN(CCCn2cc(-c3cnc4ccc(Nc5nnc(C6CCCC6)s5)nc4c3)cn2)CC1. The number of aryl methyl sites for hydroxylation is 1. The third-order valence-corrected chi connectivity index (χ3v) is 8.34. The molecule has 4 aromatic rings. The largest absolute Gasteiger partial charge is 0.315 e. The molecular weight excluding hydrogens is 470 g/mol. The normalized spacial score (nSPS) is 17.8. The van der Waals surface area contributed by atoms with E-state index in [9.17, 15) is 0 Å². The number of fused-ring (bicyclic) bond motifs is 1. The van der Waals surface area contributed by atoms with Crippen molar-refractivity contribution < 1.29 is 0 Å². The smallest absolute Gasteiger partial charge is 0.211 e. The Kier molecular flexibility index (Phi) is 6.89. The zero-order chi connectivity index (χ0) is 24.3. The summed E-state index contributed by atoms with van der Waals surface area (Å²) in [6.07, 6.45) is 12.1. The molecule has 0 radical (unpaired) electrons. The van der Waals surface area contributed by atoms with Crippen molar-refractivity contribution in [1.29, 1.82) is 0 Å². The zero-order valence-corrected chi connectivity index (χ0v) is 21.6. The minimum absolute atomic E-state index is 0.571. The summed E-state index contributed by atoms with van der Waals surface area (Å²) in [6, 6.07) is 6.03. The molecule has 36 heavy (non-hydrogen) atoms. The number of piperazine rings is 1. The van der Waals surface area contributed by atoms with Gasteiger partial charge in [0.1, 0.15) is 10.8 Å². The van der Waals surface area contributed by atoms with E-state index in [0.717, 1.165) is 83.8 Å². The number of rotatable bonds is 8. The second kappa shape index (κ2) is 10.6. The minimum atomic E-state index is 0.571. The Morgan fingerprint density at radius 2 is 1.83 bits per heavy atom. The van der Waals surface area contributed by atoms with Crippen LogP contribution >= 0.6 is 11.3 Å². The van der Waals surface area contributed by atoms with Crippen molar-refractivity contribution in [2.24, 2.45) is 0 Å². The van der Waals surface area contributed by atoms with Crippen molar-refractivity contribution >= 4 is 33.3 Å². The molecule has 1 N–H and O–H groups in total. The lowest BCUT2D eigenvalue weighted by Gasteiger charge is -2.32. The number of anilines is 2. The Morgan fingerprint density at radius 1 is 0.972 bits per heavy atom. The summed E-state index contributed by atoms with van der Waals surface area (Å²) in [5, 5.41) is 18.6. The van der Waals surface area contributed by atoms with E-state index in [1.165, 1.54) is 25.7 Å². The van der Waals surface area contributed by atoms with E-state index in [-0.39, 0.29) is 0 Å². The van der Waals surface area contributed by atoms with E-state index in [1.54, 1.807) is 11.3 Å². The highest BCUT2D eigenvalue weighted by Crippen LogP contribution is 2.37. The summed E-state index contributed by atoms with van der Waals surface area (Å²) in [5.41, 5.74) is 3.81. The van der Waals surface area contributed by atoms with Gasteiger partial charge in [0.15, 0.2) is 0 Å². The quantitative estimate of drug-likeness (QED) is 0.379. The van der Waals surface area contributed by atoms with Gasteiger partial charge in [-0.2, -0.15) is 5.10 Å². The lowest BCUT2D eigenvalue weighted by Crippen LogP contribution is -2.44. The number of hydrogen-bond donors (Lipinski definition) is 1. The van der Waals surface area contributed by atoms with Crippen LogP contribution in [0.3, 0.4) is 0 Å². The van der Waals surface area contributed by atoms with Crippen molar-refractivity contribution in [2.45, 2.75) is 44.6 Å². The maximum Gasteiger partial charge on any atom is 0.211 e. The van der Waals surface area contributed by atoms with E-state index in [1.807, 2.05) is 29.2 Å². The first-order valence-corrected chi connectivity index (χ1v) is 13.8. The van der Waals surface area contributed by atoms with Crippen LogP contribution in [0.15, 0.2) is 36.8 Å². The van der Waals surface area contributed by atoms with Crippen LogP contribution in [0.1, 0.15) is 43.0 Å². The molecule has 4 aromatic heterocycles. The second-order valence-electron chi connectivity index (χ2n) is 10.0. The van der Waals surface area contributed by atoms with Gasteiger partial charge in [-0.15, -0.1) is 10.2 Å². The lowest BCUT2D eigenvalue weighted by molar-refractivity contribution is 0.151. The van der Waals surface area contributed by atoms with Gasteiger partial charge in [0.05, 0.1) is 17.2 Å². The van der Waals surface area contributed by atoms with Gasteiger partial charge in [-0.3, -0.25) is 9.67 Å². The Balaban J connectivity index is 1.10. The van der Waals surface area contributed by atoms with Crippen molar-refractivity contribution in [1.82, 2.24) is 39.7 Å². The van der Waals surface area contributed by atoms with Crippen LogP contribution < -0.4 is 5.32 Å². The molecule has 1 aliphatic heterocycles. The molecule has 0 atom stereocenters. The molecule has 6 rings (SSSR count). The van der Waals surface area contributed by atoms with Gasteiger partial charge < -0.3 is 15.1 Å². The van der Waals surface area contributed by atoms with Gasteiger partial charge in [0.2, 0.25) is 5.13 Å². The zero-order valence-electron chi connectivity index (χ0n) is 20.8. The Hall–Kier alpha value is -2.95. The van der Waals surface area contributed by atoms with E-state index in [4.69, 9.17) is 4.98 Å². The molecule has 5 heterocycles. The number of nitrogens with zero attached hydrogens (tertiary/aromatic N) is 8. The molecular formula is C26H33N9S. The maximum absolute atomic E-state index is 4.81. The van der Waals surface area contributed by atoms with E-state index >= 15 is 0 Å². The van der Waals surface area contributed by atoms with Gasteiger partial charge in [0.25, 0.3) is 0 Å². The molecule has 2 fully saturated rings. The van der Waals surface area contributed by atoms with Gasteiger partial charge in [-0.1, -0.05) is 24.2 Å². The summed E-state index contributed by atoms with van der Waals surface area (Å²) >= 11 is 1.64. The van der Waals surface area contributed by atoms with Crippen LogP contribution in [-0.4, -0.2) is 79.5 Å². The number of likely N-dealkylation sites (N-methyl/N-ethyl adjacent to an activating group) is 1. The summed E-state index contributed by atoms with van der Waals surface area (Å²) in [5.74, 6) is 1.33. The highest BCUT2D eigenvalue weighted by atomic mass is 32.1. The van der Waals surface area contributed by atoms with Crippen molar-refractivity contribution in [3.63, 3.8) is 0 Å². The molecule has 0 aromatic carbocycles. The molecule has 9 nitrogen and oxygen atoms in total. The van der Waals surface area contributed by atoms with Crippen molar-refractivity contribution in [3.8, 4) is 11.1 Å². The van der Waals surface area contributed by atoms with Crippen LogP contribution in [0.4, 0.5) is 10.9 Å². The number of hydrogen-bond acceptors (Lipinski definition) is 9. The summed E-state index contributed by atoms with van der Waals surface area (Å²) in [4.78, 5) is 14.4. The first-order valence-electron chi connectivity index (χ1n) is 13.0. The number of aromatic nitrogens is 6. The lowest BCUT2D eigenvalue weighted by atomic mass is 10.1. The Morgan fingerprint density at radius 3 is 2.69 bits per heavy atom. The van der Waals surface area contributed by atoms with Crippen molar-refractivity contribution in [3.05, 3.63) is 41.8 Å². The van der Waals surface area contributed by atoms with E-state index in [0.29, 0.717) is 5.92 Å². The monoisotopic (exact) mass is 503 g/mol. The molecule has 10 heteroatoms. The highest BCUT2D eigenvalue weighted by molar-refractivity contribution is 7.15. The predicted octanol–water partition coefficient (Wildman–Crippen LogP) is 4.38. The molecule has 188 valence electrons. The third-order valence-electron chi connectivity index (χ3n) is 7.34. The van der Waals surface area contributed by atoms with Crippen LogP contribution in [0, 0.1) is 0 Å². The standard InChI is InChI=1S/C26H33N9S/c1-33-11-13-34(14-12-33)9-4-10-35-18-21(17-28-35)20-15-23-22(27-16-20)7-8-24(29-23)30-26-32-31-25(36-26)19-5-2-3-6-19/h7-8,15-19H,2-6,9-14H2,1H3,(H,29,30,32). The van der Waals surface area contributed by atoms with Crippen LogP contribution in [0.25, 0.3) is 22.2 Å². The molecule has 2 aliphatic rings. The molecule has 0 spiro atoms. The van der Waals surface area contributed by atoms with Gasteiger partial charge >= 0.3 is 0 Å². The third kappa shape index (κ3) is 5.40. The van der Waals surface area contributed by atoms with Crippen molar-refractivity contribution in [2.75, 3.05) is 45.1 Å². The molecule has 1 aliphatic carbocycles. The summed E-state index contributed by atoms with van der Waals surface area (Å²) < 4.78 is 2.04. The van der Waals surface area contributed by atoms with Gasteiger partial charge in [-0.05, 0) is 51.1 Å². The molecule has 1 saturated carbocycles. The van der Waals surface area contributed by atoms with Gasteiger partial charge in [0, 0.05) is 62.2 Å². The fraction of sp³-hybridized carbons (Fsp3) is 0.500. The average Bonchev–Trinajstić information content (AvgIpc) is 3.67.